The van der Waals surface area contributed by atoms with Gasteiger partial charge in [0.25, 0.3) is 0 Å². The fourth-order valence-electron chi connectivity index (χ4n) is 4.73. The topological polar surface area (TPSA) is 160 Å². The van der Waals surface area contributed by atoms with Gasteiger partial charge >= 0.3 is 19.8 Å². The maximum atomic E-state index is 12.4. The summed E-state index contributed by atoms with van der Waals surface area (Å²) in [6, 6.07) is 0. The number of hydrogen-bond donors (Lipinski definition) is 4. The second-order valence-electron chi connectivity index (χ2n) is 13.3. The number of rotatable bonds is 35. The second-order valence-corrected chi connectivity index (χ2v) is 14.5. The molecule has 0 saturated carbocycles. The highest BCUT2D eigenvalue weighted by Gasteiger charge is 2.22. The van der Waals surface area contributed by atoms with Crippen molar-refractivity contribution in [3.8, 4) is 0 Å². The Labute approximate surface area is 348 Å². The number of unbranched alkanes of at least 4 members (excludes halogenated alkanes) is 3. The van der Waals surface area contributed by atoms with Crippen molar-refractivity contribution in [1.82, 2.24) is 0 Å². The van der Waals surface area contributed by atoms with Crippen LogP contribution >= 0.6 is 7.82 Å². The molecule has 0 amide bonds. The normalized spacial score (nSPS) is 14.9. The van der Waals surface area contributed by atoms with Crippen LogP contribution in [0, 0.1) is 0 Å². The molecule has 0 saturated heterocycles. The molecule has 0 rings (SSSR count). The van der Waals surface area contributed by atoms with Crippen molar-refractivity contribution in [3.05, 3.63) is 134 Å². The summed E-state index contributed by atoms with van der Waals surface area (Å²) in [6.07, 6.45) is 52.6. The van der Waals surface area contributed by atoms with Gasteiger partial charge in [0.2, 0.25) is 0 Å². The van der Waals surface area contributed by atoms with E-state index in [1.165, 1.54) is 19.3 Å². The molecule has 11 heteroatoms. The van der Waals surface area contributed by atoms with Gasteiger partial charge in [0.1, 0.15) is 6.61 Å². The zero-order chi connectivity index (χ0) is 42.8. The summed E-state index contributed by atoms with van der Waals surface area (Å²) >= 11 is 0. The van der Waals surface area contributed by atoms with Gasteiger partial charge in [0.05, 0.1) is 18.8 Å². The molecule has 0 spiro atoms. The average molecular weight is 827 g/mol. The second kappa shape index (κ2) is 39.9. The lowest BCUT2D eigenvalue weighted by molar-refractivity contribution is -0.161. The molecule has 0 aliphatic heterocycles. The maximum absolute atomic E-state index is 12.4. The minimum atomic E-state index is -4.83. The minimum absolute atomic E-state index is 0.0415. The predicted molar refractivity (Wildman–Crippen MR) is 237 cm³/mol. The van der Waals surface area contributed by atoms with Crippen LogP contribution in [0.25, 0.3) is 0 Å². The number of aliphatic hydroxyl groups excluding tert-OH is 2. The molecule has 4 N–H and O–H groups in total. The molecule has 0 radical (unpaired) electrons. The van der Waals surface area contributed by atoms with Gasteiger partial charge in [-0.2, -0.15) is 0 Å². The lowest BCUT2D eigenvalue weighted by Crippen LogP contribution is -2.29. The van der Waals surface area contributed by atoms with Crippen LogP contribution in [0.2, 0.25) is 0 Å². The van der Waals surface area contributed by atoms with Gasteiger partial charge in [-0.3, -0.25) is 14.1 Å². The van der Waals surface area contributed by atoms with Crippen LogP contribution < -0.4 is 0 Å². The van der Waals surface area contributed by atoms with Gasteiger partial charge in [0.15, 0.2) is 6.10 Å². The highest BCUT2D eigenvalue weighted by Crippen LogP contribution is 2.35. The Morgan fingerprint density at radius 1 is 0.552 bits per heavy atom. The molecule has 0 aliphatic carbocycles. The molecule has 58 heavy (non-hydrogen) atoms. The Kier molecular flexibility index (Phi) is 37.2. The van der Waals surface area contributed by atoms with Crippen molar-refractivity contribution in [1.29, 1.82) is 0 Å². The molecule has 0 heterocycles. The summed E-state index contributed by atoms with van der Waals surface area (Å²) in [5.41, 5.74) is 0. The molecule has 0 bridgehead atoms. The summed E-state index contributed by atoms with van der Waals surface area (Å²) in [6.45, 7) is 3.23. The van der Waals surface area contributed by atoms with E-state index in [4.69, 9.17) is 19.3 Å². The average Bonchev–Trinajstić information content (AvgIpc) is 3.18. The zero-order valence-electron chi connectivity index (χ0n) is 34.8. The lowest BCUT2D eigenvalue weighted by Gasteiger charge is -2.18. The first-order valence-electron chi connectivity index (χ1n) is 20.7. The van der Waals surface area contributed by atoms with Gasteiger partial charge in [0, 0.05) is 12.8 Å². The van der Waals surface area contributed by atoms with Crippen LogP contribution in [0.4, 0.5) is 0 Å². The van der Waals surface area contributed by atoms with Crippen LogP contribution in [-0.2, 0) is 28.2 Å². The van der Waals surface area contributed by atoms with Crippen molar-refractivity contribution in [2.75, 3.05) is 13.2 Å². The quantitative estimate of drug-likeness (QED) is 0.0159. The van der Waals surface area contributed by atoms with E-state index in [0.29, 0.717) is 32.1 Å². The Morgan fingerprint density at radius 2 is 1.00 bits per heavy atom. The third-order valence-corrected chi connectivity index (χ3v) is 8.33. The van der Waals surface area contributed by atoms with E-state index in [1.54, 1.807) is 36.5 Å². The van der Waals surface area contributed by atoms with E-state index in [0.717, 1.165) is 38.5 Å². The van der Waals surface area contributed by atoms with Gasteiger partial charge < -0.3 is 29.5 Å². The molecule has 3 atom stereocenters. The van der Waals surface area contributed by atoms with Crippen molar-refractivity contribution >= 4 is 19.8 Å². The van der Waals surface area contributed by atoms with E-state index in [1.807, 2.05) is 61.6 Å². The van der Waals surface area contributed by atoms with Gasteiger partial charge in [-0.15, -0.1) is 0 Å². The first-order chi connectivity index (χ1) is 28.1. The first kappa shape index (κ1) is 54.1. The van der Waals surface area contributed by atoms with Crippen molar-refractivity contribution in [2.45, 2.75) is 135 Å². The van der Waals surface area contributed by atoms with Crippen molar-refractivity contribution < 1.29 is 48.2 Å². The number of hydrogen-bond acceptors (Lipinski definition) is 8. The SMILES string of the molecule is CC/C=C\C[C@@H](O)/C=C/C=C\C=C\[C@@H](O)C/C=C\C/C=C\CCC(=O)OC[C@H](COP(=O)(O)O)OC(=O)CC/C=C\C/C=C\C/C=C\C/C=C\C/C=C\CCCCC. The Hall–Kier alpha value is -3.89. The Balaban J connectivity index is 4.33. The molecular weight excluding hydrogens is 755 g/mol. The zero-order valence-corrected chi connectivity index (χ0v) is 35.7. The summed E-state index contributed by atoms with van der Waals surface area (Å²) in [7, 11) is -4.83. The number of aliphatic hydroxyl groups is 2. The fraction of sp³-hybridized carbons (Fsp3) is 0.489. The summed E-state index contributed by atoms with van der Waals surface area (Å²) in [4.78, 5) is 42.8. The maximum Gasteiger partial charge on any atom is 0.469 e. The fourth-order valence-corrected chi connectivity index (χ4v) is 5.09. The van der Waals surface area contributed by atoms with E-state index < -0.39 is 51.3 Å². The van der Waals surface area contributed by atoms with E-state index in [9.17, 15) is 24.4 Å². The van der Waals surface area contributed by atoms with Crippen LogP contribution in [0.15, 0.2) is 134 Å². The number of allylic oxidation sites excluding steroid dienone is 18. The molecule has 0 unspecified atom stereocenters. The summed E-state index contributed by atoms with van der Waals surface area (Å²) < 4.78 is 26.2. The molecule has 0 aromatic heterocycles. The van der Waals surface area contributed by atoms with Crippen LogP contribution in [0.5, 0.6) is 0 Å². The van der Waals surface area contributed by atoms with E-state index in [2.05, 4.69) is 54.0 Å². The van der Waals surface area contributed by atoms with Crippen molar-refractivity contribution in [2.24, 2.45) is 0 Å². The summed E-state index contributed by atoms with van der Waals surface area (Å²) in [5.74, 6) is -1.16. The third-order valence-electron chi connectivity index (χ3n) is 7.85. The number of phosphoric acid groups is 1. The summed E-state index contributed by atoms with van der Waals surface area (Å²) in [5, 5.41) is 19.9. The molecule has 0 fully saturated rings. The van der Waals surface area contributed by atoms with Gasteiger partial charge in [-0.25, -0.2) is 4.57 Å². The number of ether oxygens (including phenoxy) is 2. The molecule has 0 aromatic rings. The molecular formula is C47H71O10P. The molecule has 0 aliphatic rings. The standard InChI is InChI=1S/C47H71O10P/c1-3-5-7-8-9-10-11-12-13-14-15-16-17-18-19-20-21-26-34-40-47(51)57-45(42-56-58(52,53)54)41-55-46(50)39-33-25-23-22-24-30-36-44(49)38-32-28-27-31-37-43(48)35-29-6-4-2/h6,9-10,12-13,15-16,18-19,21,23-32,37-38,43-45,48-49H,3-5,7-8,11,14,17,20,22,33-36,39-42H2,1-2H3,(H2,52,53,54)/b10-9-,13-12-,16-15-,19-18-,25-23-,26-21-,28-27-,29-6-,30-24-,37-31+,38-32+/t43-,44+,45-/m1/s1. The minimum Gasteiger partial charge on any atom is -0.462 e. The van der Waals surface area contributed by atoms with Crippen LogP contribution in [-0.4, -0.2) is 63.5 Å². The Bertz CT molecular complexity index is 1420. The first-order valence-corrected chi connectivity index (χ1v) is 22.2. The molecule has 10 nitrogen and oxygen atoms in total. The molecule has 0 aromatic carbocycles. The molecule has 324 valence electrons. The Morgan fingerprint density at radius 3 is 1.48 bits per heavy atom. The third kappa shape index (κ3) is 41.7. The van der Waals surface area contributed by atoms with Gasteiger partial charge in [-0.05, 0) is 77.0 Å². The highest BCUT2D eigenvalue weighted by atomic mass is 31.2. The highest BCUT2D eigenvalue weighted by molar-refractivity contribution is 7.46. The van der Waals surface area contributed by atoms with E-state index >= 15 is 0 Å². The smallest absolute Gasteiger partial charge is 0.462 e. The predicted octanol–water partition coefficient (Wildman–Crippen LogP) is 10.7. The number of carbonyl (C=O) groups excluding carboxylic acids is 2. The lowest BCUT2D eigenvalue weighted by atomic mass is 10.2. The number of esters is 2. The van der Waals surface area contributed by atoms with Crippen LogP contribution in [0.1, 0.15) is 117 Å². The van der Waals surface area contributed by atoms with Crippen molar-refractivity contribution in [3.63, 3.8) is 0 Å². The largest absolute Gasteiger partial charge is 0.469 e. The number of phosphoric ester groups is 1. The number of carbonyl (C=O) groups is 2. The van der Waals surface area contributed by atoms with E-state index in [-0.39, 0.29) is 12.8 Å². The monoisotopic (exact) mass is 826 g/mol. The van der Waals surface area contributed by atoms with Crippen LogP contribution in [0.3, 0.4) is 0 Å². The van der Waals surface area contributed by atoms with Gasteiger partial charge in [-0.1, -0.05) is 160 Å².